The molecule has 0 N–H and O–H groups in total. The summed E-state index contributed by atoms with van der Waals surface area (Å²) in [6.07, 6.45) is 5.71. The summed E-state index contributed by atoms with van der Waals surface area (Å²) in [5.74, 6) is -0.608. The molecule has 194 valence electrons. The second kappa shape index (κ2) is 9.38. The Morgan fingerprint density at radius 3 is 2.51 bits per heavy atom. The average Bonchev–Trinajstić information content (AvgIpc) is 3.38. The Kier molecular flexibility index (Phi) is 5.98. The number of Topliss-reactive ketones (excluding diaryl/α,β-unsaturated/α-hetero) is 1. The first-order valence-corrected chi connectivity index (χ1v) is 13.8. The summed E-state index contributed by atoms with van der Waals surface area (Å²) in [5.41, 5.74) is 2.50. The summed E-state index contributed by atoms with van der Waals surface area (Å²) in [7, 11) is -3.94. The van der Waals surface area contributed by atoms with Crippen LogP contribution in [0.4, 0.5) is 4.39 Å². The monoisotopic (exact) mass is 539 g/mol. The van der Waals surface area contributed by atoms with Crippen molar-refractivity contribution in [1.29, 1.82) is 5.26 Å². The van der Waals surface area contributed by atoms with Crippen LogP contribution >= 0.6 is 0 Å². The van der Waals surface area contributed by atoms with E-state index in [0.29, 0.717) is 17.7 Å². The van der Waals surface area contributed by atoms with Gasteiger partial charge in [0.2, 0.25) is 10.0 Å². The largest absolute Gasteiger partial charge is 0.291 e. The molecule has 0 amide bonds. The molecule has 1 atom stereocenters. The van der Waals surface area contributed by atoms with Crippen LogP contribution in [0.15, 0.2) is 89.6 Å². The van der Waals surface area contributed by atoms with Gasteiger partial charge in [0.25, 0.3) is 0 Å². The molecule has 3 heterocycles. The lowest BCUT2D eigenvalue weighted by Crippen LogP contribution is -2.53. The summed E-state index contributed by atoms with van der Waals surface area (Å²) in [5, 5.41) is 13.6. The fourth-order valence-electron chi connectivity index (χ4n) is 5.40. The molecular formula is C29H22FN5O3S. The van der Waals surface area contributed by atoms with E-state index >= 15 is 0 Å². The van der Waals surface area contributed by atoms with Crippen LogP contribution in [-0.2, 0) is 16.4 Å². The van der Waals surface area contributed by atoms with Gasteiger partial charge < -0.3 is 0 Å². The number of fused-ring (bicyclic) bond motifs is 2. The molecule has 2 aliphatic rings. The van der Waals surface area contributed by atoms with Crippen molar-refractivity contribution in [3.63, 3.8) is 0 Å². The minimum Gasteiger partial charge on any atom is -0.291 e. The molecule has 10 heteroatoms. The van der Waals surface area contributed by atoms with Crippen LogP contribution in [0.1, 0.15) is 33.7 Å². The van der Waals surface area contributed by atoms with Crippen LogP contribution in [0.5, 0.6) is 0 Å². The summed E-state index contributed by atoms with van der Waals surface area (Å²) >= 11 is 0. The van der Waals surface area contributed by atoms with E-state index in [1.807, 2.05) is 12.1 Å². The number of benzene rings is 2. The summed E-state index contributed by atoms with van der Waals surface area (Å²) in [4.78, 5) is 18.5. The number of carbonyl (C=O) groups excluding carboxylic acids is 1. The molecule has 2 aromatic heterocycles. The van der Waals surface area contributed by atoms with Crippen molar-refractivity contribution < 1.29 is 17.6 Å². The maximum Gasteiger partial charge on any atom is 0.243 e. The Hall–Kier alpha value is -4.46. The molecule has 4 aromatic rings. The van der Waals surface area contributed by atoms with E-state index in [-0.39, 0.29) is 41.7 Å². The van der Waals surface area contributed by atoms with Gasteiger partial charge in [-0.2, -0.15) is 14.7 Å². The Bertz CT molecular complexity index is 1760. The molecule has 2 aromatic carbocycles. The molecule has 1 aliphatic heterocycles. The summed E-state index contributed by atoms with van der Waals surface area (Å²) in [6.45, 7) is 0.128. The smallest absolute Gasteiger partial charge is 0.243 e. The van der Waals surface area contributed by atoms with Crippen molar-refractivity contribution in [2.24, 2.45) is 5.41 Å². The second-order valence-corrected chi connectivity index (χ2v) is 11.6. The highest BCUT2D eigenvalue weighted by Gasteiger charge is 2.51. The Balaban J connectivity index is 1.44. The molecule has 1 aliphatic carbocycles. The van der Waals surface area contributed by atoms with E-state index in [4.69, 9.17) is 5.26 Å². The second-order valence-electron chi connectivity index (χ2n) is 9.64. The number of nitrogens with zero attached hydrogens (tertiary/aromatic N) is 5. The first kappa shape index (κ1) is 24.9. The number of hydrogen-bond donors (Lipinski definition) is 0. The number of sulfonamides is 1. The molecule has 39 heavy (non-hydrogen) atoms. The van der Waals surface area contributed by atoms with Gasteiger partial charge in [-0.25, -0.2) is 17.5 Å². The van der Waals surface area contributed by atoms with Crippen molar-refractivity contribution in [2.75, 3.05) is 13.1 Å². The highest BCUT2D eigenvalue weighted by atomic mass is 32.2. The van der Waals surface area contributed by atoms with Crippen molar-refractivity contribution in [2.45, 2.75) is 17.7 Å². The quantitative estimate of drug-likeness (QED) is 0.352. The number of halogens is 1. The maximum atomic E-state index is 14.1. The van der Waals surface area contributed by atoms with E-state index in [2.05, 4.69) is 10.1 Å². The van der Waals surface area contributed by atoms with Crippen molar-refractivity contribution in [1.82, 2.24) is 19.1 Å². The molecule has 1 unspecified atom stereocenters. The molecule has 8 nitrogen and oxygen atoms in total. The lowest BCUT2D eigenvalue weighted by molar-refractivity contribution is 0.0770. The highest BCUT2D eigenvalue weighted by molar-refractivity contribution is 7.89. The lowest BCUT2D eigenvalue weighted by atomic mass is 9.65. The van der Waals surface area contributed by atoms with Gasteiger partial charge >= 0.3 is 0 Å². The third-order valence-electron chi connectivity index (χ3n) is 7.41. The van der Waals surface area contributed by atoms with Crippen LogP contribution in [-0.4, -0.2) is 46.4 Å². The number of nitriles is 1. The lowest BCUT2D eigenvalue weighted by Gasteiger charge is -2.44. The Labute approximate surface area is 224 Å². The Morgan fingerprint density at radius 2 is 1.82 bits per heavy atom. The molecule has 0 radical (unpaired) electrons. The third kappa shape index (κ3) is 4.16. The average molecular weight is 540 g/mol. The minimum atomic E-state index is -3.94. The Morgan fingerprint density at radius 1 is 1.05 bits per heavy atom. The summed E-state index contributed by atoms with van der Waals surface area (Å²) in [6, 6.07) is 18.8. The molecule has 6 rings (SSSR count). The molecule has 0 saturated carbocycles. The zero-order valence-corrected chi connectivity index (χ0v) is 21.5. The fourth-order valence-corrected chi connectivity index (χ4v) is 6.90. The topological polar surface area (TPSA) is 109 Å². The van der Waals surface area contributed by atoms with Crippen molar-refractivity contribution >= 4 is 21.9 Å². The first-order chi connectivity index (χ1) is 18.8. The number of ketones is 1. The number of carbonyl (C=O) groups is 1. The molecule has 1 saturated heterocycles. The van der Waals surface area contributed by atoms with E-state index in [0.717, 1.165) is 16.8 Å². The molecule has 0 spiro atoms. The van der Waals surface area contributed by atoms with Gasteiger partial charge in [-0.05, 0) is 85.1 Å². The predicted molar refractivity (Wildman–Crippen MR) is 141 cm³/mol. The van der Waals surface area contributed by atoms with Crippen LogP contribution in [0.25, 0.3) is 11.8 Å². The first-order valence-electron chi connectivity index (χ1n) is 12.3. The van der Waals surface area contributed by atoms with Gasteiger partial charge in [-0.3, -0.25) is 9.78 Å². The van der Waals surface area contributed by atoms with Gasteiger partial charge in [0, 0.05) is 19.3 Å². The molecular weight excluding hydrogens is 517 g/mol. The van der Waals surface area contributed by atoms with E-state index < -0.39 is 15.4 Å². The van der Waals surface area contributed by atoms with Gasteiger partial charge in [0.15, 0.2) is 5.78 Å². The highest BCUT2D eigenvalue weighted by Crippen LogP contribution is 2.47. The van der Waals surface area contributed by atoms with Crippen molar-refractivity contribution in [3.8, 4) is 11.8 Å². The number of aromatic nitrogens is 3. The van der Waals surface area contributed by atoms with Gasteiger partial charge in [-0.15, -0.1) is 0 Å². The maximum absolute atomic E-state index is 14.1. The molecule has 0 bridgehead atoms. The zero-order chi connectivity index (χ0) is 27.2. The number of hydrogen-bond acceptors (Lipinski definition) is 6. The normalized spacial score (nSPS) is 18.9. The number of piperidine rings is 1. The zero-order valence-electron chi connectivity index (χ0n) is 20.7. The third-order valence-corrected chi connectivity index (χ3v) is 9.26. The van der Waals surface area contributed by atoms with Crippen LogP contribution < -0.4 is 0 Å². The van der Waals surface area contributed by atoms with E-state index in [1.165, 1.54) is 40.7 Å². The summed E-state index contributed by atoms with van der Waals surface area (Å²) < 4.78 is 43.9. The standard InChI is InChI=1S/C29H22FN5O3S/c30-23-6-8-24(9-7-23)35-27-15-22-12-14-34(39(37,38)25-10-4-20(17-31)5-11-25)19-29(22,16-21(27)18-33-35)28(36)26-3-1-2-13-32-26/h1-11,13,15,18H,12,14,16,19H2. The molecule has 1 fully saturated rings. The van der Waals surface area contributed by atoms with E-state index in [1.54, 1.807) is 47.4 Å². The number of pyridine rings is 1. The van der Waals surface area contributed by atoms with Crippen LogP contribution in [0.2, 0.25) is 0 Å². The van der Waals surface area contributed by atoms with Gasteiger partial charge in [0.1, 0.15) is 11.5 Å². The van der Waals surface area contributed by atoms with Crippen molar-refractivity contribution in [3.05, 3.63) is 113 Å². The van der Waals surface area contributed by atoms with Gasteiger partial charge in [0.05, 0.1) is 39.5 Å². The fraction of sp³-hybridized carbons (Fsp3) is 0.172. The van der Waals surface area contributed by atoms with Gasteiger partial charge in [-0.1, -0.05) is 11.6 Å². The van der Waals surface area contributed by atoms with Crippen LogP contribution in [0, 0.1) is 22.6 Å². The van der Waals surface area contributed by atoms with E-state index in [9.17, 15) is 17.6 Å². The minimum absolute atomic E-state index is 0.0578. The predicted octanol–water partition coefficient (Wildman–Crippen LogP) is 4.18. The SMILES string of the molecule is N#Cc1ccc(S(=O)(=O)N2CCC3=Cc4c(cnn4-c4ccc(F)cc4)CC3(C(=O)c3ccccn3)C2)cc1. The number of rotatable bonds is 5. The van der Waals surface area contributed by atoms with Crippen LogP contribution in [0.3, 0.4) is 0 Å².